The summed E-state index contributed by atoms with van der Waals surface area (Å²) < 4.78 is 0. The fraction of sp³-hybridized carbons (Fsp3) is 0.385. The number of aryl methyl sites for hydroxylation is 1. The van der Waals surface area contributed by atoms with Crippen LogP contribution < -0.4 is 10.6 Å². The number of hydrogen-bond acceptors (Lipinski definition) is 5. The predicted molar refractivity (Wildman–Crippen MR) is 73.0 cm³/mol. The van der Waals surface area contributed by atoms with E-state index >= 15 is 0 Å². The van der Waals surface area contributed by atoms with Crippen molar-refractivity contribution in [2.75, 3.05) is 18.0 Å². The highest BCUT2D eigenvalue weighted by atomic mass is 16.3. The van der Waals surface area contributed by atoms with Gasteiger partial charge in [0.05, 0.1) is 0 Å². The molecule has 2 aromatic rings. The van der Waals surface area contributed by atoms with Crippen molar-refractivity contribution in [2.45, 2.75) is 19.4 Å². The lowest BCUT2D eigenvalue weighted by Crippen LogP contribution is -2.26. The number of aromatic amines is 1. The second kappa shape index (κ2) is 4.55. The number of rotatable bonds is 2. The largest absolute Gasteiger partial charge is 0.508 e. The molecule has 1 aliphatic rings. The van der Waals surface area contributed by atoms with Crippen LogP contribution in [0.2, 0.25) is 0 Å². The topological polar surface area (TPSA) is 91.1 Å². The minimum atomic E-state index is 0.206. The Balaban J connectivity index is 1.86. The molecule has 0 spiro atoms. The first-order valence-electron chi connectivity index (χ1n) is 6.36. The van der Waals surface area contributed by atoms with Crippen molar-refractivity contribution in [3.05, 3.63) is 23.8 Å². The third-order valence-electron chi connectivity index (χ3n) is 3.45. The Hall–Kier alpha value is -2.08. The summed E-state index contributed by atoms with van der Waals surface area (Å²) in [6, 6.07) is 5.58. The Morgan fingerprint density at radius 2 is 2.32 bits per heavy atom. The molecule has 0 aliphatic carbocycles. The summed E-state index contributed by atoms with van der Waals surface area (Å²) >= 11 is 0. The van der Waals surface area contributed by atoms with Crippen LogP contribution in [-0.2, 0) is 0 Å². The van der Waals surface area contributed by atoms with E-state index in [4.69, 9.17) is 5.73 Å². The molecule has 3 rings (SSSR count). The molecule has 100 valence electrons. The molecule has 1 unspecified atom stereocenters. The van der Waals surface area contributed by atoms with E-state index in [2.05, 4.69) is 20.1 Å². The maximum atomic E-state index is 9.53. The van der Waals surface area contributed by atoms with Gasteiger partial charge in [0.2, 0.25) is 5.95 Å². The molecule has 6 heteroatoms. The SMILES string of the molecule is Cc1cc(-c2nc(N3CCC(N)C3)n[nH]2)ccc1O. The van der Waals surface area contributed by atoms with E-state index in [1.807, 2.05) is 19.1 Å². The van der Waals surface area contributed by atoms with Gasteiger partial charge in [-0.2, -0.15) is 4.98 Å². The summed E-state index contributed by atoms with van der Waals surface area (Å²) in [7, 11) is 0. The molecule has 6 nitrogen and oxygen atoms in total. The average molecular weight is 259 g/mol. The van der Waals surface area contributed by atoms with Gasteiger partial charge >= 0.3 is 0 Å². The van der Waals surface area contributed by atoms with Gasteiger partial charge in [-0.3, -0.25) is 5.10 Å². The van der Waals surface area contributed by atoms with Crippen LogP contribution in [-0.4, -0.2) is 39.4 Å². The summed E-state index contributed by atoms with van der Waals surface area (Å²) in [5, 5.41) is 16.7. The molecule has 2 heterocycles. The lowest BCUT2D eigenvalue weighted by molar-refractivity contribution is 0.471. The second-order valence-electron chi connectivity index (χ2n) is 4.98. The van der Waals surface area contributed by atoms with E-state index in [1.54, 1.807) is 6.07 Å². The Labute approximate surface area is 111 Å². The standard InChI is InChI=1S/C13H17N5O/c1-8-6-9(2-3-11(8)19)12-15-13(17-16-12)18-5-4-10(14)7-18/h2-3,6,10,19H,4-5,7,14H2,1H3,(H,15,16,17). The van der Waals surface area contributed by atoms with E-state index in [0.717, 1.165) is 30.6 Å². The number of nitrogens with one attached hydrogen (secondary N) is 1. The number of anilines is 1. The molecular weight excluding hydrogens is 242 g/mol. The zero-order valence-electron chi connectivity index (χ0n) is 10.8. The van der Waals surface area contributed by atoms with E-state index < -0.39 is 0 Å². The molecule has 0 amide bonds. The quantitative estimate of drug-likeness (QED) is 0.749. The van der Waals surface area contributed by atoms with Crippen LogP contribution in [0.4, 0.5) is 5.95 Å². The van der Waals surface area contributed by atoms with Crippen molar-refractivity contribution in [3.63, 3.8) is 0 Å². The average Bonchev–Trinajstić information content (AvgIpc) is 3.01. The summed E-state index contributed by atoms with van der Waals surface area (Å²) in [6.45, 7) is 3.55. The van der Waals surface area contributed by atoms with Crippen molar-refractivity contribution in [3.8, 4) is 17.1 Å². The highest BCUT2D eigenvalue weighted by molar-refractivity contribution is 5.59. The first-order valence-corrected chi connectivity index (χ1v) is 6.36. The number of H-pyrrole nitrogens is 1. The monoisotopic (exact) mass is 259 g/mol. The number of phenolic OH excluding ortho intramolecular Hbond substituents is 1. The molecule has 1 saturated heterocycles. The minimum absolute atomic E-state index is 0.206. The molecule has 4 N–H and O–H groups in total. The van der Waals surface area contributed by atoms with Gasteiger partial charge < -0.3 is 15.7 Å². The summed E-state index contributed by atoms with van der Waals surface area (Å²) in [6.07, 6.45) is 0.974. The molecule has 0 bridgehead atoms. The normalized spacial score (nSPS) is 19.1. The van der Waals surface area contributed by atoms with E-state index in [9.17, 15) is 5.11 Å². The van der Waals surface area contributed by atoms with Crippen LogP contribution in [0.3, 0.4) is 0 Å². The number of phenols is 1. The fourth-order valence-electron chi connectivity index (χ4n) is 2.30. The zero-order chi connectivity index (χ0) is 13.4. The van der Waals surface area contributed by atoms with Gasteiger partial charge in [0.1, 0.15) is 5.75 Å². The zero-order valence-corrected chi connectivity index (χ0v) is 10.8. The van der Waals surface area contributed by atoms with Gasteiger partial charge in [0, 0.05) is 24.7 Å². The maximum Gasteiger partial charge on any atom is 0.245 e. The number of benzene rings is 1. The van der Waals surface area contributed by atoms with Gasteiger partial charge in [-0.25, -0.2) is 0 Å². The van der Waals surface area contributed by atoms with Crippen molar-refractivity contribution in [1.82, 2.24) is 15.2 Å². The first-order chi connectivity index (χ1) is 9.13. The van der Waals surface area contributed by atoms with E-state index in [1.165, 1.54) is 0 Å². The first kappa shape index (κ1) is 12.0. The van der Waals surface area contributed by atoms with E-state index in [0.29, 0.717) is 11.8 Å². The number of aromatic hydroxyl groups is 1. The smallest absolute Gasteiger partial charge is 0.245 e. The summed E-state index contributed by atoms with van der Waals surface area (Å²) in [4.78, 5) is 6.57. The van der Waals surface area contributed by atoms with Gasteiger partial charge in [-0.05, 0) is 37.1 Å². The summed E-state index contributed by atoms with van der Waals surface area (Å²) in [5.74, 6) is 1.68. The molecule has 1 aromatic heterocycles. The number of nitrogens with two attached hydrogens (primary N) is 1. The Bertz CT molecular complexity index is 594. The maximum absolute atomic E-state index is 9.53. The molecule has 1 aromatic carbocycles. The Morgan fingerprint density at radius 3 is 3.00 bits per heavy atom. The Kier molecular flexibility index (Phi) is 2.87. The number of aromatic nitrogens is 3. The number of nitrogens with zero attached hydrogens (tertiary/aromatic N) is 3. The molecule has 1 atom stereocenters. The molecule has 19 heavy (non-hydrogen) atoms. The molecular formula is C13H17N5O. The highest BCUT2D eigenvalue weighted by Crippen LogP contribution is 2.24. The molecule has 0 saturated carbocycles. The number of hydrogen-bond donors (Lipinski definition) is 3. The van der Waals surface area contributed by atoms with Gasteiger partial charge in [-0.1, -0.05) is 0 Å². The fourth-order valence-corrected chi connectivity index (χ4v) is 2.30. The third-order valence-corrected chi connectivity index (χ3v) is 3.45. The van der Waals surface area contributed by atoms with Crippen LogP contribution in [0.1, 0.15) is 12.0 Å². The van der Waals surface area contributed by atoms with Crippen LogP contribution in [0.25, 0.3) is 11.4 Å². The second-order valence-corrected chi connectivity index (χ2v) is 4.98. The van der Waals surface area contributed by atoms with Gasteiger partial charge in [0.25, 0.3) is 0 Å². The van der Waals surface area contributed by atoms with Crippen LogP contribution in [0, 0.1) is 6.92 Å². The van der Waals surface area contributed by atoms with Crippen LogP contribution >= 0.6 is 0 Å². The van der Waals surface area contributed by atoms with Gasteiger partial charge in [0.15, 0.2) is 5.82 Å². The van der Waals surface area contributed by atoms with Crippen molar-refractivity contribution >= 4 is 5.95 Å². The van der Waals surface area contributed by atoms with E-state index in [-0.39, 0.29) is 11.8 Å². The minimum Gasteiger partial charge on any atom is -0.508 e. The molecule has 1 aliphatic heterocycles. The highest BCUT2D eigenvalue weighted by Gasteiger charge is 2.22. The molecule has 1 fully saturated rings. The van der Waals surface area contributed by atoms with Crippen molar-refractivity contribution < 1.29 is 5.11 Å². The Morgan fingerprint density at radius 1 is 1.47 bits per heavy atom. The van der Waals surface area contributed by atoms with Crippen LogP contribution in [0.5, 0.6) is 5.75 Å². The predicted octanol–water partition coefficient (Wildman–Crippen LogP) is 1.02. The third kappa shape index (κ3) is 2.26. The van der Waals surface area contributed by atoms with Crippen LogP contribution in [0.15, 0.2) is 18.2 Å². The van der Waals surface area contributed by atoms with Crippen molar-refractivity contribution in [1.29, 1.82) is 0 Å². The lowest BCUT2D eigenvalue weighted by Gasteiger charge is -2.11. The van der Waals surface area contributed by atoms with Gasteiger partial charge in [-0.15, -0.1) is 5.10 Å². The lowest BCUT2D eigenvalue weighted by atomic mass is 10.1. The summed E-state index contributed by atoms with van der Waals surface area (Å²) in [5.41, 5.74) is 7.61. The molecule has 0 radical (unpaired) electrons. The van der Waals surface area contributed by atoms with Crippen molar-refractivity contribution in [2.24, 2.45) is 5.73 Å².